The van der Waals surface area contributed by atoms with E-state index in [2.05, 4.69) is 15.7 Å². The van der Waals surface area contributed by atoms with Crippen LogP contribution in [0.2, 0.25) is 0 Å². The Morgan fingerprint density at radius 1 is 1.14 bits per heavy atom. The van der Waals surface area contributed by atoms with Crippen molar-refractivity contribution in [2.45, 2.75) is 34.2 Å². The van der Waals surface area contributed by atoms with Crippen LogP contribution < -0.4 is 10.6 Å². The lowest BCUT2D eigenvalue weighted by Gasteiger charge is -2.09. The van der Waals surface area contributed by atoms with Crippen molar-refractivity contribution < 1.29 is 14.5 Å². The first-order valence-electron chi connectivity index (χ1n) is 9.04. The number of nitro groups is 1. The van der Waals surface area contributed by atoms with Gasteiger partial charge in [-0.3, -0.25) is 24.4 Å². The SMILES string of the molecule is Cc1nn(Cc2ccc(C(=O)NCCNC(=O)C(C)C)cc2)c(C)c1[N+](=O)[O-]. The molecule has 1 heterocycles. The average molecular weight is 387 g/mol. The molecule has 0 bridgehead atoms. The van der Waals surface area contributed by atoms with Gasteiger partial charge in [-0.25, -0.2) is 0 Å². The molecule has 1 aromatic carbocycles. The van der Waals surface area contributed by atoms with Gasteiger partial charge in [0.1, 0.15) is 11.4 Å². The highest BCUT2D eigenvalue weighted by atomic mass is 16.6. The van der Waals surface area contributed by atoms with E-state index < -0.39 is 4.92 Å². The second kappa shape index (κ2) is 9.12. The molecule has 0 aliphatic carbocycles. The van der Waals surface area contributed by atoms with E-state index in [-0.39, 0.29) is 23.4 Å². The fourth-order valence-corrected chi connectivity index (χ4v) is 2.71. The van der Waals surface area contributed by atoms with E-state index >= 15 is 0 Å². The predicted octanol–water partition coefficient (Wildman–Crippen LogP) is 1.96. The summed E-state index contributed by atoms with van der Waals surface area (Å²) < 4.78 is 1.58. The summed E-state index contributed by atoms with van der Waals surface area (Å²) in [6.45, 7) is 7.98. The summed E-state index contributed by atoms with van der Waals surface area (Å²) in [5.74, 6) is -0.373. The van der Waals surface area contributed by atoms with Crippen LogP contribution in [0.5, 0.6) is 0 Å². The van der Waals surface area contributed by atoms with Gasteiger partial charge >= 0.3 is 5.69 Å². The van der Waals surface area contributed by atoms with Gasteiger partial charge in [-0.15, -0.1) is 0 Å². The summed E-state index contributed by atoms with van der Waals surface area (Å²) in [5.41, 5.74) is 2.27. The third kappa shape index (κ3) is 5.15. The summed E-state index contributed by atoms with van der Waals surface area (Å²) in [6, 6.07) is 6.96. The topological polar surface area (TPSA) is 119 Å². The van der Waals surface area contributed by atoms with Crippen molar-refractivity contribution in [1.82, 2.24) is 20.4 Å². The summed E-state index contributed by atoms with van der Waals surface area (Å²) in [7, 11) is 0. The average Bonchev–Trinajstić information content (AvgIpc) is 2.92. The van der Waals surface area contributed by atoms with Crippen LogP contribution in [-0.4, -0.2) is 39.6 Å². The Morgan fingerprint density at radius 3 is 2.29 bits per heavy atom. The number of carbonyl (C=O) groups excluding carboxylic acids is 2. The molecule has 2 N–H and O–H groups in total. The van der Waals surface area contributed by atoms with E-state index in [0.29, 0.717) is 36.6 Å². The smallest absolute Gasteiger partial charge is 0.312 e. The van der Waals surface area contributed by atoms with E-state index in [1.807, 2.05) is 0 Å². The molecule has 2 amide bonds. The van der Waals surface area contributed by atoms with Crippen molar-refractivity contribution in [3.63, 3.8) is 0 Å². The zero-order valence-corrected chi connectivity index (χ0v) is 16.5. The third-order valence-electron chi connectivity index (χ3n) is 4.31. The Kier molecular flexibility index (Phi) is 6.86. The first-order chi connectivity index (χ1) is 13.2. The van der Waals surface area contributed by atoms with E-state index in [1.165, 1.54) is 0 Å². The molecule has 0 fully saturated rings. The van der Waals surface area contributed by atoms with Crippen LogP contribution in [0.1, 0.15) is 41.2 Å². The Morgan fingerprint density at radius 2 is 1.75 bits per heavy atom. The molecule has 9 nitrogen and oxygen atoms in total. The van der Waals surface area contributed by atoms with Crippen molar-refractivity contribution in [3.05, 3.63) is 56.9 Å². The van der Waals surface area contributed by atoms with Crippen LogP contribution in [0.15, 0.2) is 24.3 Å². The minimum absolute atomic E-state index is 0.0283. The molecule has 0 saturated heterocycles. The van der Waals surface area contributed by atoms with Gasteiger partial charge in [-0.05, 0) is 31.5 Å². The minimum atomic E-state index is -0.425. The lowest BCUT2D eigenvalue weighted by atomic mass is 10.1. The largest absolute Gasteiger partial charge is 0.354 e. The van der Waals surface area contributed by atoms with E-state index in [1.54, 1.807) is 56.6 Å². The third-order valence-corrected chi connectivity index (χ3v) is 4.31. The molecule has 2 rings (SSSR count). The molecule has 0 saturated carbocycles. The summed E-state index contributed by atoms with van der Waals surface area (Å²) in [4.78, 5) is 34.3. The van der Waals surface area contributed by atoms with Crippen molar-refractivity contribution in [2.24, 2.45) is 5.92 Å². The second-order valence-corrected chi connectivity index (χ2v) is 6.83. The summed E-state index contributed by atoms with van der Waals surface area (Å²) >= 11 is 0. The van der Waals surface area contributed by atoms with Gasteiger partial charge in [0.05, 0.1) is 11.5 Å². The molecule has 9 heteroatoms. The van der Waals surface area contributed by atoms with Gasteiger partial charge in [0.15, 0.2) is 0 Å². The lowest BCUT2D eigenvalue weighted by Crippen LogP contribution is -2.36. The van der Waals surface area contributed by atoms with Gasteiger partial charge in [-0.1, -0.05) is 26.0 Å². The Balaban J connectivity index is 1.93. The van der Waals surface area contributed by atoms with Crippen LogP contribution in [0, 0.1) is 29.9 Å². The maximum absolute atomic E-state index is 12.2. The van der Waals surface area contributed by atoms with Crippen molar-refractivity contribution in [3.8, 4) is 0 Å². The zero-order valence-electron chi connectivity index (χ0n) is 16.5. The molecule has 0 atom stereocenters. The normalized spacial score (nSPS) is 10.8. The monoisotopic (exact) mass is 387 g/mol. The molecule has 0 aliphatic heterocycles. The van der Waals surface area contributed by atoms with Crippen molar-refractivity contribution in [2.75, 3.05) is 13.1 Å². The maximum Gasteiger partial charge on any atom is 0.312 e. The highest BCUT2D eigenvalue weighted by molar-refractivity contribution is 5.94. The fourth-order valence-electron chi connectivity index (χ4n) is 2.71. The Hall–Kier alpha value is -3.23. The predicted molar refractivity (Wildman–Crippen MR) is 104 cm³/mol. The van der Waals surface area contributed by atoms with Crippen LogP contribution in [0.4, 0.5) is 5.69 Å². The number of rotatable bonds is 8. The first kappa shape index (κ1) is 21.1. The van der Waals surface area contributed by atoms with Crippen LogP contribution in [0.3, 0.4) is 0 Å². The van der Waals surface area contributed by atoms with E-state index in [9.17, 15) is 19.7 Å². The van der Waals surface area contributed by atoms with Gasteiger partial charge in [-0.2, -0.15) is 5.10 Å². The van der Waals surface area contributed by atoms with Gasteiger partial charge in [0.2, 0.25) is 5.91 Å². The molecule has 28 heavy (non-hydrogen) atoms. The van der Waals surface area contributed by atoms with Crippen LogP contribution in [0.25, 0.3) is 0 Å². The number of carbonyl (C=O) groups is 2. The number of hydrogen-bond donors (Lipinski definition) is 2. The standard InChI is InChI=1S/C19H25N5O4/c1-12(2)18(25)20-9-10-21-19(26)16-7-5-15(6-8-16)11-23-14(4)17(24(27)28)13(3)22-23/h5-8,12H,9-11H2,1-4H3,(H,20,25)(H,21,26). The number of benzene rings is 1. The van der Waals surface area contributed by atoms with Gasteiger partial charge in [0, 0.05) is 24.6 Å². The molecular weight excluding hydrogens is 362 g/mol. The molecule has 0 radical (unpaired) electrons. The summed E-state index contributed by atoms with van der Waals surface area (Å²) in [6.07, 6.45) is 0. The first-order valence-corrected chi connectivity index (χ1v) is 9.04. The lowest BCUT2D eigenvalue weighted by molar-refractivity contribution is -0.386. The summed E-state index contributed by atoms with van der Waals surface area (Å²) in [5, 5.41) is 20.8. The highest BCUT2D eigenvalue weighted by Gasteiger charge is 2.21. The number of hydrogen-bond acceptors (Lipinski definition) is 5. The van der Waals surface area contributed by atoms with E-state index in [4.69, 9.17) is 0 Å². The molecule has 0 aliphatic rings. The van der Waals surface area contributed by atoms with Gasteiger partial charge in [0.25, 0.3) is 5.91 Å². The number of aryl methyl sites for hydroxylation is 1. The second-order valence-electron chi connectivity index (χ2n) is 6.83. The Labute approximate surface area is 163 Å². The highest BCUT2D eigenvalue weighted by Crippen LogP contribution is 2.22. The molecular formula is C19H25N5O4. The number of nitrogens with zero attached hydrogens (tertiary/aromatic N) is 3. The zero-order chi connectivity index (χ0) is 20.8. The van der Waals surface area contributed by atoms with E-state index in [0.717, 1.165) is 5.56 Å². The number of amides is 2. The quantitative estimate of drug-likeness (QED) is 0.408. The van der Waals surface area contributed by atoms with Gasteiger partial charge < -0.3 is 10.6 Å². The van der Waals surface area contributed by atoms with Crippen molar-refractivity contribution >= 4 is 17.5 Å². The van der Waals surface area contributed by atoms with Crippen molar-refractivity contribution in [1.29, 1.82) is 0 Å². The molecule has 150 valence electrons. The molecule has 2 aromatic rings. The molecule has 0 spiro atoms. The maximum atomic E-state index is 12.2. The molecule has 0 unspecified atom stereocenters. The minimum Gasteiger partial charge on any atom is -0.354 e. The number of nitrogens with one attached hydrogen (secondary N) is 2. The van der Waals surface area contributed by atoms with Crippen LogP contribution >= 0.6 is 0 Å². The fraction of sp³-hybridized carbons (Fsp3) is 0.421. The Bertz CT molecular complexity index is 871. The van der Waals surface area contributed by atoms with Crippen LogP contribution in [-0.2, 0) is 11.3 Å². The molecule has 1 aromatic heterocycles. The number of aromatic nitrogens is 2.